The van der Waals surface area contributed by atoms with Crippen LogP contribution in [0.3, 0.4) is 0 Å². The first-order valence-electron chi connectivity index (χ1n) is 10.9. The molecule has 168 valence electrons. The van der Waals surface area contributed by atoms with Gasteiger partial charge in [0.05, 0.1) is 19.2 Å². The summed E-state index contributed by atoms with van der Waals surface area (Å²) in [6, 6.07) is 10.1. The Morgan fingerprint density at radius 3 is 2.47 bits per heavy atom. The second-order valence-electron chi connectivity index (χ2n) is 7.62. The number of guanidine groups is 1. The number of carbonyl (C=O) groups is 1. The molecule has 7 nitrogen and oxygen atoms in total. The summed E-state index contributed by atoms with van der Waals surface area (Å²) in [4.78, 5) is 19.0. The van der Waals surface area contributed by atoms with Crippen molar-refractivity contribution in [1.29, 1.82) is 0 Å². The average Bonchev–Trinajstić information content (AvgIpc) is 3.57. The largest absolute Gasteiger partial charge is 0.490 e. The van der Waals surface area contributed by atoms with Gasteiger partial charge in [-0.3, -0.25) is 4.99 Å². The molecule has 1 heterocycles. The maximum Gasteiger partial charge on any atom is 0.407 e. The molecule has 2 N–H and O–H groups in total. The predicted molar refractivity (Wildman–Crippen MR) is 130 cm³/mol. The van der Waals surface area contributed by atoms with E-state index in [9.17, 15) is 4.79 Å². The molecule has 8 heteroatoms. The zero-order valence-electron chi connectivity index (χ0n) is 18.0. The Bertz CT molecular complexity index is 662. The first-order valence-corrected chi connectivity index (χ1v) is 10.9. The van der Waals surface area contributed by atoms with E-state index in [0.717, 1.165) is 57.0 Å². The summed E-state index contributed by atoms with van der Waals surface area (Å²) in [5.41, 5.74) is 0. The van der Waals surface area contributed by atoms with Crippen molar-refractivity contribution < 1.29 is 14.3 Å². The van der Waals surface area contributed by atoms with Crippen LogP contribution in [0, 0.1) is 5.92 Å². The van der Waals surface area contributed by atoms with Crippen LogP contribution in [0.5, 0.6) is 5.75 Å². The fourth-order valence-electron chi connectivity index (χ4n) is 3.62. The van der Waals surface area contributed by atoms with Gasteiger partial charge in [0.2, 0.25) is 0 Å². The van der Waals surface area contributed by atoms with Crippen LogP contribution in [0.1, 0.15) is 39.5 Å². The number of hydrogen-bond donors (Lipinski definition) is 2. The first kappa shape index (κ1) is 24.6. The quantitative estimate of drug-likeness (QED) is 0.305. The summed E-state index contributed by atoms with van der Waals surface area (Å²) >= 11 is 0. The molecule has 0 spiro atoms. The van der Waals surface area contributed by atoms with E-state index in [-0.39, 0.29) is 42.2 Å². The number of likely N-dealkylation sites (tertiary alicyclic amines) is 1. The number of aliphatic imine (C=N–C) groups is 1. The molecule has 0 bridgehead atoms. The zero-order valence-corrected chi connectivity index (χ0v) is 20.3. The van der Waals surface area contributed by atoms with Crippen LogP contribution in [0.4, 0.5) is 4.79 Å². The minimum Gasteiger partial charge on any atom is -0.490 e. The van der Waals surface area contributed by atoms with Crippen LogP contribution in [-0.4, -0.2) is 61.9 Å². The third-order valence-electron chi connectivity index (χ3n) is 5.33. The van der Waals surface area contributed by atoms with Gasteiger partial charge in [0.1, 0.15) is 11.9 Å². The molecule has 0 aromatic heterocycles. The molecule has 0 radical (unpaired) electrons. The maximum atomic E-state index is 11.8. The van der Waals surface area contributed by atoms with Crippen molar-refractivity contribution >= 4 is 36.0 Å². The average molecular weight is 530 g/mol. The van der Waals surface area contributed by atoms with Crippen molar-refractivity contribution in [2.45, 2.75) is 51.7 Å². The summed E-state index contributed by atoms with van der Waals surface area (Å²) in [7, 11) is 0. The van der Waals surface area contributed by atoms with E-state index < -0.39 is 0 Å². The Kier molecular flexibility index (Phi) is 10.5. The molecule has 1 atom stereocenters. The number of hydrogen-bond acceptors (Lipinski definition) is 4. The number of halogens is 1. The molecule has 2 aliphatic rings. The summed E-state index contributed by atoms with van der Waals surface area (Å²) < 4.78 is 11.1. The number of rotatable bonds is 8. The third kappa shape index (κ3) is 7.85. The van der Waals surface area contributed by atoms with Gasteiger partial charge in [-0.15, -0.1) is 24.0 Å². The smallest absolute Gasteiger partial charge is 0.407 e. The molecule has 1 saturated carbocycles. The second-order valence-corrected chi connectivity index (χ2v) is 7.62. The predicted octanol–water partition coefficient (Wildman–Crippen LogP) is 3.64. The van der Waals surface area contributed by atoms with E-state index in [1.54, 1.807) is 0 Å². The van der Waals surface area contributed by atoms with Crippen molar-refractivity contribution in [2.24, 2.45) is 10.9 Å². The molecule has 1 amide bonds. The van der Waals surface area contributed by atoms with Crippen molar-refractivity contribution in [3.8, 4) is 5.75 Å². The molecule has 1 aromatic rings. The minimum atomic E-state index is -0.344. The Balaban J connectivity index is 0.00000320. The fourth-order valence-corrected chi connectivity index (χ4v) is 3.62. The lowest BCUT2D eigenvalue weighted by molar-refractivity contribution is 0.129. The molecular formula is C22H35IN4O3. The van der Waals surface area contributed by atoms with Crippen LogP contribution in [0.25, 0.3) is 0 Å². The standard InChI is InChI=1S/C22H34N4O3.HI/c1-3-23-21(24-16-20(17-10-11-17)25-22(27)28-4-2)26-14-12-19(13-15-26)29-18-8-6-5-7-9-18;/h5-9,17,19-20H,3-4,10-16H2,1-2H3,(H,23,24)(H,25,27);1H. The van der Waals surface area contributed by atoms with E-state index in [0.29, 0.717) is 19.1 Å². The molecule has 1 unspecified atom stereocenters. The van der Waals surface area contributed by atoms with Crippen LogP contribution < -0.4 is 15.4 Å². The van der Waals surface area contributed by atoms with Gasteiger partial charge in [-0.05, 0) is 44.7 Å². The van der Waals surface area contributed by atoms with Gasteiger partial charge < -0.3 is 25.0 Å². The van der Waals surface area contributed by atoms with Crippen LogP contribution in [0.2, 0.25) is 0 Å². The molecule has 1 aromatic carbocycles. The minimum absolute atomic E-state index is 0. The number of nitrogens with one attached hydrogen (secondary N) is 2. The number of alkyl carbamates (subject to hydrolysis) is 1. The number of benzene rings is 1. The van der Waals surface area contributed by atoms with E-state index >= 15 is 0 Å². The lowest BCUT2D eigenvalue weighted by Crippen LogP contribution is -2.48. The molecule has 3 rings (SSSR count). The van der Waals surface area contributed by atoms with Gasteiger partial charge in [0.25, 0.3) is 0 Å². The highest BCUT2D eigenvalue weighted by molar-refractivity contribution is 14.0. The van der Waals surface area contributed by atoms with Crippen molar-refractivity contribution in [1.82, 2.24) is 15.5 Å². The molecule has 2 fully saturated rings. The number of nitrogens with zero attached hydrogens (tertiary/aromatic N) is 2. The molecule has 1 saturated heterocycles. The van der Waals surface area contributed by atoms with E-state index in [1.807, 2.05) is 37.3 Å². The lowest BCUT2D eigenvalue weighted by atomic mass is 10.1. The molecule has 1 aliphatic carbocycles. The lowest BCUT2D eigenvalue weighted by Gasteiger charge is -2.34. The Hall–Kier alpha value is -1.71. The molecular weight excluding hydrogens is 495 g/mol. The van der Waals surface area contributed by atoms with Crippen molar-refractivity contribution in [2.75, 3.05) is 32.8 Å². The zero-order chi connectivity index (χ0) is 20.5. The number of piperidine rings is 1. The van der Waals surface area contributed by atoms with Crippen molar-refractivity contribution in [3.63, 3.8) is 0 Å². The van der Waals surface area contributed by atoms with Crippen LogP contribution >= 0.6 is 24.0 Å². The number of carbonyl (C=O) groups excluding carboxylic acids is 1. The Morgan fingerprint density at radius 2 is 1.87 bits per heavy atom. The van der Waals surface area contributed by atoms with Crippen LogP contribution in [-0.2, 0) is 4.74 Å². The van der Waals surface area contributed by atoms with E-state index in [2.05, 4.69) is 22.5 Å². The van der Waals surface area contributed by atoms with E-state index in [1.165, 1.54) is 0 Å². The third-order valence-corrected chi connectivity index (χ3v) is 5.33. The summed E-state index contributed by atoms with van der Waals surface area (Å²) in [5.74, 6) is 2.36. The van der Waals surface area contributed by atoms with Gasteiger partial charge in [0, 0.05) is 32.5 Å². The topological polar surface area (TPSA) is 75.2 Å². The normalized spacial score (nSPS) is 18.2. The highest BCUT2D eigenvalue weighted by atomic mass is 127. The molecule has 30 heavy (non-hydrogen) atoms. The van der Waals surface area contributed by atoms with Gasteiger partial charge in [0.15, 0.2) is 5.96 Å². The Labute approximate surface area is 197 Å². The number of para-hydroxylation sites is 1. The maximum absolute atomic E-state index is 11.8. The fraction of sp³-hybridized carbons (Fsp3) is 0.636. The SMILES string of the molecule is CCNC(=NCC(NC(=O)OCC)C1CC1)N1CCC(Oc2ccccc2)CC1.I. The highest BCUT2D eigenvalue weighted by Crippen LogP contribution is 2.33. The second kappa shape index (κ2) is 12.9. The number of amides is 1. The van der Waals surface area contributed by atoms with Gasteiger partial charge in [-0.1, -0.05) is 18.2 Å². The van der Waals surface area contributed by atoms with Crippen molar-refractivity contribution in [3.05, 3.63) is 30.3 Å². The van der Waals surface area contributed by atoms with Crippen LogP contribution in [0.15, 0.2) is 35.3 Å². The monoisotopic (exact) mass is 530 g/mol. The Morgan fingerprint density at radius 1 is 1.17 bits per heavy atom. The van der Waals surface area contributed by atoms with Gasteiger partial charge in [-0.2, -0.15) is 0 Å². The summed E-state index contributed by atoms with van der Waals surface area (Å²) in [6.45, 7) is 7.49. The van der Waals surface area contributed by atoms with Gasteiger partial charge >= 0.3 is 6.09 Å². The first-order chi connectivity index (χ1) is 14.2. The molecule has 1 aliphatic heterocycles. The van der Waals surface area contributed by atoms with Gasteiger partial charge in [-0.25, -0.2) is 4.79 Å². The van der Waals surface area contributed by atoms with E-state index in [4.69, 9.17) is 14.5 Å². The summed E-state index contributed by atoms with van der Waals surface area (Å²) in [5, 5.41) is 6.38. The summed E-state index contributed by atoms with van der Waals surface area (Å²) in [6.07, 6.45) is 4.11. The highest BCUT2D eigenvalue weighted by Gasteiger charge is 2.33. The number of ether oxygens (including phenoxy) is 2.